The van der Waals surface area contributed by atoms with Gasteiger partial charge in [-0.05, 0) is 62.7 Å². The van der Waals surface area contributed by atoms with E-state index in [4.69, 9.17) is 4.74 Å². The van der Waals surface area contributed by atoms with Crippen molar-refractivity contribution >= 4 is 5.97 Å². The Labute approximate surface area is 167 Å². The smallest absolute Gasteiger partial charge is 0.331 e. The molecule has 0 heterocycles. The number of hydrogen-bond acceptors (Lipinski definition) is 2. The molecule has 0 aromatic carbocycles. The highest BCUT2D eigenvalue weighted by Crippen LogP contribution is 2.41. The first-order chi connectivity index (χ1) is 13.2. The van der Waals surface area contributed by atoms with Crippen molar-refractivity contribution in [3.63, 3.8) is 0 Å². The van der Waals surface area contributed by atoms with E-state index < -0.39 is 0 Å². The first kappa shape index (κ1) is 22.2. The van der Waals surface area contributed by atoms with Gasteiger partial charge < -0.3 is 4.74 Å². The van der Waals surface area contributed by atoms with Crippen LogP contribution >= 0.6 is 0 Å². The molecule has 0 spiro atoms. The van der Waals surface area contributed by atoms with Gasteiger partial charge in [0.25, 0.3) is 0 Å². The maximum Gasteiger partial charge on any atom is 0.331 e. The zero-order chi connectivity index (χ0) is 19.3. The van der Waals surface area contributed by atoms with Gasteiger partial charge in [-0.15, -0.1) is 0 Å². The average molecular weight is 375 g/mol. The fourth-order valence-electron chi connectivity index (χ4n) is 4.99. The summed E-state index contributed by atoms with van der Waals surface area (Å²) in [6, 6.07) is 0. The quantitative estimate of drug-likeness (QED) is 0.172. The lowest BCUT2D eigenvalue weighted by Crippen LogP contribution is -2.29. The first-order valence-electron chi connectivity index (χ1n) is 11.8. The Balaban J connectivity index is 1.61. The van der Waals surface area contributed by atoms with Gasteiger partial charge in [-0.25, -0.2) is 4.79 Å². The van der Waals surface area contributed by atoms with Gasteiger partial charge in [-0.1, -0.05) is 77.0 Å². The van der Waals surface area contributed by atoms with Crippen LogP contribution in [0.25, 0.3) is 0 Å². The van der Waals surface area contributed by atoms with Gasteiger partial charge in [-0.3, -0.25) is 0 Å². The van der Waals surface area contributed by atoms with Gasteiger partial charge >= 0.3 is 5.97 Å². The van der Waals surface area contributed by atoms with Gasteiger partial charge in [0.1, 0.15) is 6.10 Å². The van der Waals surface area contributed by atoms with Crippen molar-refractivity contribution in [2.24, 2.45) is 17.8 Å². The molecule has 154 valence electrons. The van der Waals surface area contributed by atoms with Gasteiger partial charge in [-0.2, -0.15) is 0 Å². The van der Waals surface area contributed by atoms with Crippen LogP contribution in [0.1, 0.15) is 104 Å². The Kier molecular flexibility index (Phi) is 10.9. The number of carbonyl (C=O) groups is 1. The van der Waals surface area contributed by atoms with Crippen molar-refractivity contribution in [1.29, 1.82) is 0 Å². The summed E-state index contributed by atoms with van der Waals surface area (Å²) in [5.41, 5.74) is 0. The lowest BCUT2D eigenvalue weighted by molar-refractivity contribution is -0.145. The van der Waals surface area contributed by atoms with Crippen LogP contribution in [-0.4, -0.2) is 12.1 Å². The fraction of sp³-hybridized carbons (Fsp3) is 0.800. The minimum Gasteiger partial charge on any atom is -0.459 e. The van der Waals surface area contributed by atoms with Crippen molar-refractivity contribution < 1.29 is 9.53 Å². The van der Waals surface area contributed by atoms with Crippen LogP contribution in [0.15, 0.2) is 24.3 Å². The SMILES string of the molecule is CCCC=CC=CC(=O)OC1CCC(C2CCC(CCCCC)CC2)CC1. The topological polar surface area (TPSA) is 26.3 Å². The fourth-order valence-corrected chi connectivity index (χ4v) is 4.99. The summed E-state index contributed by atoms with van der Waals surface area (Å²) < 4.78 is 5.65. The number of carbonyl (C=O) groups excluding carboxylic acids is 1. The second-order valence-corrected chi connectivity index (χ2v) is 8.83. The standard InChI is InChI=1S/C25H42O2/c1-3-5-7-8-10-12-25(26)27-24-19-17-23(18-20-24)22-15-13-21(14-16-22)11-9-6-4-2/h7-8,10,12,21-24H,3-6,9,11,13-20H2,1-2H3. The largest absolute Gasteiger partial charge is 0.459 e. The highest BCUT2D eigenvalue weighted by molar-refractivity contribution is 5.82. The Bertz CT molecular complexity index is 449. The van der Waals surface area contributed by atoms with E-state index in [9.17, 15) is 4.79 Å². The van der Waals surface area contributed by atoms with Crippen molar-refractivity contribution in [3.05, 3.63) is 24.3 Å². The molecular weight excluding hydrogens is 332 g/mol. The normalized spacial score (nSPS) is 29.4. The van der Waals surface area contributed by atoms with Crippen LogP contribution in [0.4, 0.5) is 0 Å². The van der Waals surface area contributed by atoms with E-state index in [1.54, 1.807) is 6.08 Å². The van der Waals surface area contributed by atoms with Gasteiger partial charge in [0, 0.05) is 6.08 Å². The van der Waals surface area contributed by atoms with Crippen LogP contribution in [0.3, 0.4) is 0 Å². The number of allylic oxidation sites excluding steroid dienone is 3. The molecule has 2 fully saturated rings. The summed E-state index contributed by atoms with van der Waals surface area (Å²) in [6.45, 7) is 4.45. The number of unbranched alkanes of at least 4 members (excludes halogenated alkanes) is 3. The molecule has 0 unspecified atom stereocenters. The predicted molar refractivity (Wildman–Crippen MR) is 115 cm³/mol. The van der Waals surface area contributed by atoms with E-state index >= 15 is 0 Å². The van der Waals surface area contributed by atoms with Crippen molar-refractivity contribution in [3.8, 4) is 0 Å². The molecule has 2 aliphatic rings. The Morgan fingerprint density at radius 3 is 2.15 bits per heavy atom. The van der Waals surface area contributed by atoms with Crippen LogP contribution in [0.5, 0.6) is 0 Å². The summed E-state index contributed by atoms with van der Waals surface area (Å²) in [4.78, 5) is 11.9. The first-order valence-corrected chi connectivity index (χ1v) is 11.8. The van der Waals surface area contributed by atoms with E-state index in [1.165, 1.54) is 64.2 Å². The van der Waals surface area contributed by atoms with Crippen LogP contribution in [0, 0.1) is 17.8 Å². The number of esters is 1. The second kappa shape index (κ2) is 13.2. The van der Waals surface area contributed by atoms with E-state index in [1.807, 2.05) is 12.2 Å². The van der Waals surface area contributed by atoms with Crippen molar-refractivity contribution in [2.45, 2.75) is 110 Å². The molecule has 0 amide bonds. The molecule has 2 nitrogen and oxygen atoms in total. The molecule has 0 atom stereocenters. The highest BCUT2D eigenvalue weighted by atomic mass is 16.5. The number of ether oxygens (including phenoxy) is 1. The predicted octanol–water partition coefficient (Wildman–Crippen LogP) is 7.39. The third-order valence-corrected chi connectivity index (χ3v) is 6.71. The van der Waals surface area contributed by atoms with E-state index in [0.29, 0.717) is 0 Å². The summed E-state index contributed by atoms with van der Waals surface area (Å²) >= 11 is 0. The van der Waals surface area contributed by atoms with E-state index in [0.717, 1.165) is 43.4 Å². The van der Waals surface area contributed by atoms with E-state index in [-0.39, 0.29) is 12.1 Å². The summed E-state index contributed by atoms with van der Waals surface area (Å²) in [5, 5.41) is 0. The third-order valence-electron chi connectivity index (χ3n) is 6.71. The number of rotatable bonds is 10. The molecule has 0 aromatic rings. The molecule has 2 saturated carbocycles. The van der Waals surface area contributed by atoms with Crippen molar-refractivity contribution in [1.82, 2.24) is 0 Å². The zero-order valence-electron chi connectivity index (χ0n) is 17.8. The zero-order valence-corrected chi connectivity index (χ0v) is 17.8. The molecule has 2 rings (SSSR count). The molecule has 0 aliphatic heterocycles. The number of hydrogen-bond donors (Lipinski definition) is 0. The lowest BCUT2D eigenvalue weighted by atomic mass is 9.70. The highest BCUT2D eigenvalue weighted by Gasteiger charge is 2.31. The summed E-state index contributed by atoms with van der Waals surface area (Å²) in [6.07, 6.45) is 25.8. The van der Waals surface area contributed by atoms with Gasteiger partial charge in [0.05, 0.1) is 0 Å². The summed E-state index contributed by atoms with van der Waals surface area (Å²) in [5.74, 6) is 2.65. The third kappa shape index (κ3) is 8.66. The molecule has 0 aromatic heterocycles. The molecule has 0 saturated heterocycles. The van der Waals surface area contributed by atoms with Crippen molar-refractivity contribution in [2.75, 3.05) is 0 Å². The van der Waals surface area contributed by atoms with Crippen LogP contribution in [-0.2, 0) is 9.53 Å². The second-order valence-electron chi connectivity index (χ2n) is 8.83. The molecule has 0 radical (unpaired) electrons. The Hall–Kier alpha value is -1.05. The molecular formula is C25H42O2. The lowest BCUT2D eigenvalue weighted by Gasteiger charge is -2.37. The van der Waals surface area contributed by atoms with Crippen LogP contribution in [0.2, 0.25) is 0 Å². The van der Waals surface area contributed by atoms with Gasteiger partial charge in [0.2, 0.25) is 0 Å². The van der Waals surface area contributed by atoms with Gasteiger partial charge in [0.15, 0.2) is 0 Å². The van der Waals surface area contributed by atoms with E-state index in [2.05, 4.69) is 19.9 Å². The van der Waals surface area contributed by atoms with Crippen LogP contribution < -0.4 is 0 Å². The molecule has 0 bridgehead atoms. The average Bonchev–Trinajstić information content (AvgIpc) is 2.69. The summed E-state index contributed by atoms with van der Waals surface area (Å²) in [7, 11) is 0. The molecule has 2 heteroatoms. The molecule has 27 heavy (non-hydrogen) atoms. The maximum atomic E-state index is 11.9. The Morgan fingerprint density at radius 2 is 1.52 bits per heavy atom. The maximum absolute atomic E-state index is 11.9. The monoisotopic (exact) mass is 374 g/mol. The minimum absolute atomic E-state index is 0.142. The Morgan fingerprint density at radius 1 is 0.852 bits per heavy atom. The minimum atomic E-state index is -0.174. The molecule has 0 N–H and O–H groups in total. The molecule has 2 aliphatic carbocycles.